The van der Waals surface area contributed by atoms with Gasteiger partial charge in [0.15, 0.2) is 17.3 Å². The van der Waals surface area contributed by atoms with E-state index in [2.05, 4.69) is 20.6 Å². The molecule has 1 aromatic carbocycles. The van der Waals surface area contributed by atoms with Gasteiger partial charge in [-0.15, -0.1) is 0 Å². The third-order valence-corrected chi connectivity index (χ3v) is 7.34. The Kier molecular flexibility index (Phi) is 6.94. The van der Waals surface area contributed by atoms with Crippen molar-refractivity contribution in [2.75, 3.05) is 10.6 Å². The first-order valence-electron chi connectivity index (χ1n) is 12.2. The summed E-state index contributed by atoms with van der Waals surface area (Å²) in [7, 11) is 0. The Hall–Kier alpha value is -3.05. The molecular weight excluding hydrogens is 492 g/mol. The standard InChI is InChI=1S/C24H28ClF2N7O2/c25-13-8-17(26)20(18(27)9-13)32-24-31-19-11-29-23(30-14-2-1-3-16(35)10-14)33-22(19)34(24)15-6-4-12(5-7-15)21(28)36/h8-9,11-12,14-16,35H,1-7,10H2,(H2,28,36)(H,31,32)(H,29,30,33)/t12-,14-,15+,16+/m1/s1. The SMILES string of the molecule is NC(=O)[C@H]1CC[C@@H](n2c(Nc3c(F)cc(Cl)cc3F)nc3cnc(N[C@@H]4CCC[C@H](O)C4)nc32)CC1. The molecule has 5 N–H and O–H groups in total. The normalized spacial score (nSPS) is 24.6. The number of hydrogen-bond acceptors (Lipinski definition) is 7. The fourth-order valence-electron chi connectivity index (χ4n) is 5.26. The highest BCUT2D eigenvalue weighted by Crippen LogP contribution is 2.38. The quantitative estimate of drug-likeness (QED) is 0.379. The van der Waals surface area contributed by atoms with Crippen molar-refractivity contribution >= 4 is 46.3 Å². The van der Waals surface area contributed by atoms with Crippen molar-refractivity contribution in [1.82, 2.24) is 19.5 Å². The number of fused-ring (bicyclic) bond motifs is 1. The highest BCUT2D eigenvalue weighted by atomic mass is 35.5. The first-order valence-corrected chi connectivity index (χ1v) is 12.6. The molecule has 9 nitrogen and oxygen atoms in total. The van der Waals surface area contributed by atoms with Crippen LogP contribution in [0.3, 0.4) is 0 Å². The van der Waals surface area contributed by atoms with Gasteiger partial charge in [0.05, 0.1) is 12.3 Å². The summed E-state index contributed by atoms with van der Waals surface area (Å²) in [6.45, 7) is 0. The number of rotatable bonds is 6. The molecule has 2 aromatic heterocycles. The Balaban J connectivity index is 1.51. The largest absolute Gasteiger partial charge is 0.393 e. The van der Waals surface area contributed by atoms with E-state index in [4.69, 9.17) is 22.3 Å². The highest BCUT2D eigenvalue weighted by molar-refractivity contribution is 6.30. The van der Waals surface area contributed by atoms with Gasteiger partial charge in [-0.25, -0.2) is 18.7 Å². The molecule has 5 rings (SSSR count). The summed E-state index contributed by atoms with van der Waals surface area (Å²) in [6.07, 6.45) is 6.86. The number of benzene rings is 1. The minimum Gasteiger partial charge on any atom is -0.393 e. The van der Waals surface area contributed by atoms with E-state index in [0.29, 0.717) is 49.2 Å². The molecule has 36 heavy (non-hydrogen) atoms. The predicted octanol–water partition coefficient (Wildman–Crippen LogP) is 4.43. The maximum atomic E-state index is 14.6. The van der Waals surface area contributed by atoms with Crippen LogP contribution in [0, 0.1) is 17.6 Å². The number of hydrogen-bond donors (Lipinski definition) is 4. The number of anilines is 3. The molecule has 2 aliphatic carbocycles. The van der Waals surface area contributed by atoms with Crippen molar-refractivity contribution in [3.05, 3.63) is 35.0 Å². The van der Waals surface area contributed by atoms with E-state index in [1.165, 1.54) is 0 Å². The van der Waals surface area contributed by atoms with Crippen molar-refractivity contribution < 1.29 is 18.7 Å². The van der Waals surface area contributed by atoms with Crippen LogP contribution in [0.25, 0.3) is 11.2 Å². The number of aliphatic hydroxyl groups is 1. The Bertz CT molecular complexity index is 1260. The second kappa shape index (κ2) is 10.1. The van der Waals surface area contributed by atoms with Gasteiger partial charge in [-0.1, -0.05) is 11.6 Å². The number of carbonyl (C=O) groups is 1. The Morgan fingerprint density at radius 2 is 1.83 bits per heavy atom. The molecule has 2 fully saturated rings. The highest BCUT2D eigenvalue weighted by Gasteiger charge is 2.30. The molecule has 0 spiro atoms. The van der Waals surface area contributed by atoms with Crippen LogP contribution < -0.4 is 16.4 Å². The van der Waals surface area contributed by atoms with Gasteiger partial charge in [0.25, 0.3) is 0 Å². The van der Waals surface area contributed by atoms with Crippen molar-refractivity contribution in [2.45, 2.75) is 69.6 Å². The zero-order valence-corrected chi connectivity index (χ0v) is 20.3. The van der Waals surface area contributed by atoms with Crippen LogP contribution in [0.5, 0.6) is 0 Å². The summed E-state index contributed by atoms with van der Waals surface area (Å²) in [5.41, 5.74) is 6.10. The van der Waals surface area contributed by atoms with E-state index in [1.54, 1.807) is 6.20 Å². The van der Waals surface area contributed by atoms with Gasteiger partial charge in [-0.2, -0.15) is 4.98 Å². The number of halogens is 3. The number of nitrogens with zero attached hydrogens (tertiary/aromatic N) is 4. The van der Waals surface area contributed by atoms with Crippen molar-refractivity contribution in [3.8, 4) is 0 Å². The summed E-state index contributed by atoms with van der Waals surface area (Å²) in [6, 6.07) is 1.98. The molecule has 0 saturated heterocycles. The van der Waals surface area contributed by atoms with E-state index in [0.717, 1.165) is 31.4 Å². The van der Waals surface area contributed by atoms with E-state index in [1.807, 2.05) is 4.57 Å². The molecule has 0 unspecified atom stereocenters. The zero-order valence-electron chi connectivity index (χ0n) is 19.6. The van der Waals surface area contributed by atoms with Crippen LogP contribution in [-0.2, 0) is 4.79 Å². The number of nitrogens with two attached hydrogens (primary N) is 1. The van der Waals surface area contributed by atoms with Gasteiger partial charge in [0.1, 0.15) is 11.2 Å². The van der Waals surface area contributed by atoms with Crippen LogP contribution in [0.2, 0.25) is 5.02 Å². The fraction of sp³-hybridized carbons (Fsp3) is 0.500. The average Bonchev–Trinajstić information content (AvgIpc) is 3.18. The van der Waals surface area contributed by atoms with Crippen LogP contribution in [0.15, 0.2) is 18.3 Å². The maximum absolute atomic E-state index is 14.6. The second-order valence-electron chi connectivity index (χ2n) is 9.65. The first-order chi connectivity index (χ1) is 17.3. The number of amides is 1. The molecule has 2 heterocycles. The monoisotopic (exact) mass is 519 g/mol. The van der Waals surface area contributed by atoms with Gasteiger partial charge < -0.3 is 21.5 Å². The Morgan fingerprint density at radius 1 is 1.11 bits per heavy atom. The molecule has 1 amide bonds. The van der Waals surface area contributed by atoms with Crippen LogP contribution in [-0.4, -0.2) is 42.7 Å². The minimum atomic E-state index is -0.847. The third-order valence-electron chi connectivity index (χ3n) is 7.12. The smallest absolute Gasteiger partial charge is 0.224 e. The maximum Gasteiger partial charge on any atom is 0.224 e. The van der Waals surface area contributed by atoms with Crippen molar-refractivity contribution in [1.29, 1.82) is 0 Å². The molecule has 2 atom stereocenters. The molecule has 0 radical (unpaired) electrons. The Labute approximate surface area is 211 Å². The lowest BCUT2D eigenvalue weighted by Gasteiger charge is -2.29. The number of carbonyl (C=O) groups excluding carboxylic acids is 1. The molecule has 0 bridgehead atoms. The number of nitrogens with one attached hydrogen (secondary N) is 2. The second-order valence-corrected chi connectivity index (χ2v) is 10.1. The fourth-order valence-corrected chi connectivity index (χ4v) is 5.46. The van der Waals surface area contributed by atoms with E-state index in [9.17, 15) is 18.7 Å². The first kappa shape index (κ1) is 24.6. The van der Waals surface area contributed by atoms with Gasteiger partial charge >= 0.3 is 0 Å². The number of aromatic nitrogens is 4. The zero-order chi connectivity index (χ0) is 25.4. The van der Waals surface area contributed by atoms with Gasteiger partial charge in [-0.3, -0.25) is 9.36 Å². The van der Waals surface area contributed by atoms with E-state index >= 15 is 0 Å². The van der Waals surface area contributed by atoms with E-state index < -0.39 is 11.6 Å². The average molecular weight is 520 g/mol. The van der Waals surface area contributed by atoms with Crippen LogP contribution in [0.4, 0.5) is 26.4 Å². The van der Waals surface area contributed by atoms with Crippen LogP contribution >= 0.6 is 11.6 Å². The molecule has 12 heteroatoms. The van der Waals surface area contributed by atoms with Crippen molar-refractivity contribution in [2.24, 2.45) is 11.7 Å². The molecule has 2 saturated carbocycles. The lowest BCUT2D eigenvalue weighted by molar-refractivity contribution is -0.122. The molecule has 0 aliphatic heterocycles. The summed E-state index contributed by atoms with van der Waals surface area (Å²) < 4.78 is 31.0. The summed E-state index contributed by atoms with van der Waals surface area (Å²) in [4.78, 5) is 25.3. The third kappa shape index (κ3) is 5.08. The van der Waals surface area contributed by atoms with E-state index in [-0.39, 0.29) is 46.7 Å². The van der Waals surface area contributed by atoms with Crippen molar-refractivity contribution in [3.63, 3.8) is 0 Å². The van der Waals surface area contributed by atoms with Gasteiger partial charge in [0.2, 0.25) is 17.8 Å². The number of primary amides is 1. The lowest BCUT2D eigenvalue weighted by Crippen LogP contribution is -2.30. The number of aliphatic hydroxyl groups excluding tert-OH is 1. The predicted molar refractivity (Wildman–Crippen MR) is 132 cm³/mol. The van der Waals surface area contributed by atoms with Gasteiger partial charge in [0, 0.05) is 23.0 Å². The summed E-state index contributed by atoms with van der Waals surface area (Å²) in [5, 5.41) is 16.0. The van der Waals surface area contributed by atoms with Gasteiger partial charge in [-0.05, 0) is 63.5 Å². The lowest BCUT2D eigenvalue weighted by atomic mass is 9.85. The number of imidazole rings is 1. The summed E-state index contributed by atoms with van der Waals surface area (Å²) >= 11 is 5.78. The topological polar surface area (TPSA) is 131 Å². The minimum absolute atomic E-state index is 0.0448. The Morgan fingerprint density at radius 3 is 2.50 bits per heavy atom. The molecular formula is C24H28ClF2N7O2. The molecule has 2 aliphatic rings. The molecule has 3 aromatic rings. The summed E-state index contributed by atoms with van der Waals surface area (Å²) in [5.74, 6) is -1.61. The molecule has 192 valence electrons. The van der Waals surface area contributed by atoms with Crippen LogP contribution in [0.1, 0.15) is 57.4 Å².